The second kappa shape index (κ2) is 14.3. The van der Waals surface area contributed by atoms with Gasteiger partial charge in [-0.15, -0.1) is 0 Å². The van der Waals surface area contributed by atoms with Gasteiger partial charge in [-0.25, -0.2) is 22.5 Å². The van der Waals surface area contributed by atoms with Crippen LogP contribution in [0.4, 0.5) is 27.5 Å². The van der Waals surface area contributed by atoms with Crippen LogP contribution in [0.2, 0.25) is 0 Å². The lowest BCUT2D eigenvalue weighted by Crippen LogP contribution is -2.35. The van der Waals surface area contributed by atoms with Crippen molar-refractivity contribution in [1.29, 1.82) is 0 Å². The number of amides is 1. The van der Waals surface area contributed by atoms with Gasteiger partial charge < -0.3 is 16.4 Å². The third-order valence-electron chi connectivity index (χ3n) is 8.88. The summed E-state index contributed by atoms with van der Waals surface area (Å²) in [6.07, 6.45) is 14.6. The van der Waals surface area contributed by atoms with Crippen LogP contribution in [-0.2, 0) is 10.0 Å². The van der Waals surface area contributed by atoms with E-state index < -0.39 is 21.7 Å². The molecule has 12 heteroatoms. The van der Waals surface area contributed by atoms with Crippen molar-refractivity contribution < 1.29 is 17.6 Å². The first-order valence-electron chi connectivity index (χ1n) is 15.4. The third-order valence-corrected chi connectivity index (χ3v) is 11.1. The number of anilines is 4. The molecule has 0 spiro atoms. The molecule has 0 aliphatic heterocycles. The number of aryl methyl sites for hydroxylation is 1. The molecule has 3 aromatic rings. The van der Waals surface area contributed by atoms with Gasteiger partial charge >= 0.3 is 0 Å². The van der Waals surface area contributed by atoms with Crippen molar-refractivity contribution >= 4 is 55.0 Å². The van der Waals surface area contributed by atoms with Crippen LogP contribution < -0.4 is 21.1 Å². The van der Waals surface area contributed by atoms with E-state index in [1.54, 1.807) is 25.1 Å². The Morgan fingerprint density at radius 3 is 2.41 bits per heavy atom. The van der Waals surface area contributed by atoms with Gasteiger partial charge in [0.2, 0.25) is 16.0 Å². The first-order valence-corrected chi connectivity index (χ1v) is 17.7. The second-order valence-electron chi connectivity index (χ2n) is 12.0. The molecule has 2 fully saturated rings. The molecule has 0 saturated heterocycles. The SMILES string of the molecule is Cc1cc(Nc2ncc(Br)c(Nc3cccc(F)c3C(N)=O)n2)ccc1S(=O)(=O)NC1CCCC(C2CCCCCC2)CC1. The van der Waals surface area contributed by atoms with E-state index in [4.69, 9.17) is 5.73 Å². The molecule has 1 heterocycles. The number of primary amides is 1. The number of nitrogens with zero attached hydrogens (tertiary/aromatic N) is 2. The molecule has 5 N–H and O–H groups in total. The Balaban J connectivity index is 1.25. The smallest absolute Gasteiger partial charge is 0.253 e. The largest absolute Gasteiger partial charge is 0.365 e. The van der Waals surface area contributed by atoms with Crippen molar-refractivity contribution in [3.8, 4) is 0 Å². The van der Waals surface area contributed by atoms with Gasteiger partial charge in [0.1, 0.15) is 11.6 Å². The van der Waals surface area contributed by atoms with Crippen LogP contribution in [0.5, 0.6) is 0 Å². The van der Waals surface area contributed by atoms with E-state index in [9.17, 15) is 17.6 Å². The van der Waals surface area contributed by atoms with Crippen molar-refractivity contribution in [2.45, 2.75) is 88.5 Å². The highest BCUT2D eigenvalue weighted by molar-refractivity contribution is 9.10. The molecule has 2 aliphatic rings. The molecule has 2 unspecified atom stereocenters. The van der Waals surface area contributed by atoms with Gasteiger partial charge in [0.15, 0.2) is 0 Å². The molecular formula is C32H40BrFN6O3S. The zero-order valence-electron chi connectivity index (χ0n) is 24.9. The van der Waals surface area contributed by atoms with Gasteiger partial charge in [-0.05, 0) is 89.8 Å². The zero-order chi connectivity index (χ0) is 31.3. The molecule has 236 valence electrons. The number of hydrogen-bond acceptors (Lipinski definition) is 7. The van der Waals surface area contributed by atoms with E-state index in [-0.39, 0.29) is 34.0 Å². The van der Waals surface area contributed by atoms with Gasteiger partial charge in [-0.1, -0.05) is 57.4 Å². The maximum absolute atomic E-state index is 14.2. The fourth-order valence-corrected chi connectivity index (χ4v) is 8.49. The van der Waals surface area contributed by atoms with Gasteiger partial charge in [-0.3, -0.25) is 4.79 Å². The molecule has 2 aliphatic carbocycles. The highest BCUT2D eigenvalue weighted by atomic mass is 79.9. The normalized spacial score (nSPS) is 20.0. The Bertz CT molecular complexity index is 1600. The quantitative estimate of drug-likeness (QED) is 0.171. The number of sulfonamides is 1. The molecule has 0 radical (unpaired) electrons. The monoisotopic (exact) mass is 686 g/mol. The number of nitrogens with two attached hydrogens (primary N) is 1. The average Bonchev–Trinajstić information content (AvgIpc) is 3.38. The van der Waals surface area contributed by atoms with E-state index in [0.29, 0.717) is 21.6 Å². The number of aromatic nitrogens is 2. The summed E-state index contributed by atoms with van der Waals surface area (Å²) >= 11 is 3.37. The van der Waals surface area contributed by atoms with Gasteiger partial charge in [0.25, 0.3) is 5.91 Å². The summed E-state index contributed by atoms with van der Waals surface area (Å²) in [6, 6.07) is 9.08. The predicted octanol–water partition coefficient (Wildman–Crippen LogP) is 7.47. The summed E-state index contributed by atoms with van der Waals surface area (Å²) in [6.45, 7) is 1.76. The summed E-state index contributed by atoms with van der Waals surface area (Å²) in [4.78, 5) is 20.8. The third kappa shape index (κ3) is 7.94. The molecule has 9 nitrogen and oxygen atoms in total. The number of benzene rings is 2. The van der Waals surface area contributed by atoms with Crippen molar-refractivity contribution in [1.82, 2.24) is 14.7 Å². The topological polar surface area (TPSA) is 139 Å². The van der Waals surface area contributed by atoms with Crippen LogP contribution in [0.1, 0.15) is 86.6 Å². The number of hydrogen-bond donors (Lipinski definition) is 4. The van der Waals surface area contributed by atoms with E-state index in [1.807, 2.05) is 0 Å². The fourth-order valence-electron chi connectivity index (χ4n) is 6.66. The van der Waals surface area contributed by atoms with Gasteiger partial charge in [0.05, 0.1) is 20.6 Å². The lowest BCUT2D eigenvalue weighted by atomic mass is 9.81. The number of carbonyl (C=O) groups is 1. The van der Waals surface area contributed by atoms with Crippen molar-refractivity contribution in [2.75, 3.05) is 10.6 Å². The molecule has 1 amide bonds. The van der Waals surface area contributed by atoms with Gasteiger partial charge in [0, 0.05) is 17.9 Å². The Hall–Kier alpha value is -3.09. The first kappa shape index (κ1) is 32.3. The molecular weight excluding hydrogens is 647 g/mol. The van der Waals surface area contributed by atoms with E-state index in [2.05, 4.69) is 41.3 Å². The maximum atomic E-state index is 14.2. The predicted molar refractivity (Wildman–Crippen MR) is 174 cm³/mol. The van der Waals surface area contributed by atoms with Crippen LogP contribution in [0, 0.1) is 24.6 Å². The highest BCUT2D eigenvalue weighted by Gasteiger charge is 2.29. The maximum Gasteiger partial charge on any atom is 0.253 e. The Kier molecular flexibility index (Phi) is 10.5. The average molecular weight is 688 g/mol. The molecule has 5 rings (SSSR count). The summed E-state index contributed by atoms with van der Waals surface area (Å²) in [7, 11) is -3.70. The number of carbonyl (C=O) groups excluding carboxylic acids is 1. The zero-order valence-corrected chi connectivity index (χ0v) is 27.3. The van der Waals surface area contributed by atoms with E-state index >= 15 is 0 Å². The molecule has 0 bridgehead atoms. The van der Waals surface area contributed by atoms with E-state index in [0.717, 1.165) is 37.7 Å². The van der Waals surface area contributed by atoms with Crippen molar-refractivity contribution in [2.24, 2.45) is 17.6 Å². The lowest BCUT2D eigenvalue weighted by molar-refractivity contribution is 0.0997. The van der Waals surface area contributed by atoms with Crippen LogP contribution in [-0.4, -0.2) is 30.3 Å². The highest BCUT2D eigenvalue weighted by Crippen LogP contribution is 2.37. The minimum Gasteiger partial charge on any atom is -0.365 e. The van der Waals surface area contributed by atoms with E-state index in [1.165, 1.54) is 63.3 Å². The van der Waals surface area contributed by atoms with Crippen LogP contribution in [0.15, 0.2) is 52.0 Å². The van der Waals surface area contributed by atoms with Crippen molar-refractivity contribution in [3.05, 3.63) is 64.0 Å². The van der Waals surface area contributed by atoms with Gasteiger partial charge in [-0.2, -0.15) is 4.98 Å². The molecule has 2 aromatic carbocycles. The molecule has 1 aromatic heterocycles. The molecule has 2 saturated carbocycles. The molecule has 2 atom stereocenters. The van der Waals surface area contributed by atoms with Crippen LogP contribution in [0.25, 0.3) is 0 Å². The standard InChI is InChI=1S/C32H40BrFN6O3S/c1-20-18-24(37-32-36-19-25(33)31(39-32)38-27-13-7-12-26(34)29(27)30(35)41)16-17-28(20)44(42,43)40-23-11-6-10-22(14-15-23)21-8-4-2-3-5-9-21/h7,12-13,16-19,21-23,40H,2-6,8-11,14-15H2,1H3,(H2,35,41)(H2,36,37,38,39). The summed E-state index contributed by atoms with van der Waals surface area (Å²) in [5, 5.41) is 6.02. The minimum absolute atomic E-state index is 0.0526. The Morgan fingerprint density at radius 1 is 0.955 bits per heavy atom. The number of nitrogens with one attached hydrogen (secondary N) is 3. The van der Waals surface area contributed by atoms with Crippen LogP contribution in [0.3, 0.4) is 0 Å². The lowest BCUT2D eigenvalue weighted by Gasteiger charge is -2.25. The Morgan fingerprint density at radius 2 is 1.68 bits per heavy atom. The van der Waals surface area contributed by atoms with Crippen LogP contribution >= 0.6 is 15.9 Å². The summed E-state index contributed by atoms with van der Waals surface area (Å²) < 4.78 is 44.6. The number of rotatable bonds is 9. The minimum atomic E-state index is -3.70. The van der Waals surface area contributed by atoms with Crippen molar-refractivity contribution in [3.63, 3.8) is 0 Å². The fraction of sp³-hybridized carbons (Fsp3) is 0.469. The Labute approximate surface area is 267 Å². The summed E-state index contributed by atoms with van der Waals surface area (Å²) in [5.41, 5.74) is 6.44. The number of halogens is 2. The second-order valence-corrected chi connectivity index (χ2v) is 14.5. The summed E-state index contributed by atoms with van der Waals surface area (Å²) in [5.74, 6) is 0.343. The molecule has 44 heavy (non-hydrogen) atoms. The first-order chi connectivity index (χ1) is 21.1.